The molecule has 3 fully saturated rings. The van der Waals surface area contributed by atoms with E-state index < -0.39 is 28.6 Å². The summed E-state index contributed by atoms with van der Waals surface area (Å²) in [5.41, 5.74) is -2.92. The highest BCUT2D eigenvalue weighted by Crippen LogP contribution is 2.69. The molecule has 1 aliphatic carbocycles. The summed E-state index contributed by atoms with van der Waals surface area (Å²) in [5, 5.41) is 38.3. The molecule has 2 bridgehead atoms. The van der Waals surface area contributed by atoms with E-state index in [1.807, 2.05) is 12.1 Å². The zero-order valence-corrected chi connectivity index (χ0v) is 12.9. The van der Waals surface area contributed by atoms with Crippen LogP contribution < -0.4 is 0 Å². The van der Waals surface area contributed by atoms with Crippen molar-refractivity contribution < 1.29 is 9.47 Å². The minimum atomic E-state index is -1.84. The van der Waals surface area contributed by atoms with E-state index in [4.69, 9.17) is 14.9 Å². The lowest BCUT2D eigenvalue weighted by molar-refractivity contribution is -0.295. The molecule has 4 atom stereocenters. The summed E-state index contributed by atoms with van der Waals surface area (Å²) in [6.45, 7) is 0. The molecular formula is C17H15N5O2. The molecule has 2 aliphatic heterocycles. The molecule has 7 nitrogen and oxygen atoms in total. The van der Waals surface area contributed by atoms with E-state index in [0.29, 0.717) is 18.5 Å². The molecule has 0 radical (unpaired) electrons. The Morgan fingerprint density at radius 1 is 1.21 bits per heavy atom. The molecule has 4 unspecified atom stereocenters. The fourth-order valence-electron chi connectivity index (χ4n) is 4.65. The molecule has 24 heavy (non-hydrogen) atoms. The minimum absolute atomic E-state index is 0.311. The van der Waals surface area contributed by atoms with E-state index in [9.17, 15) is 15.8 Å². The van der Waals surface area contributed by atoms with Gasteiger partial charge < -0.3 is 14.5 Å². The van der Waals surface area contributed by atoms with Crippen LogP contribution in [0.25, 0.3) is 0 Å². The molecule has 1 saturated carbocycles. The van der Waals surface area contributed by atoms with Crippen LogP contribution in [-0.4, -0.2) is 16.7 Å². The lowest BCUT2D eigenvalue weighted by Crippen LogP contribution is -2.60. The van der Waals surface area contributed by atoms with Crippen molar-refractivity contribution in [2.24, 2.45) is 16.7 Å². The van der Waals surface area contributed by atoms with Gasteiger partial charge in [0.05, 0.1) is 24.1 Å². The van der Waals surface area contributed by atoms with Crippen molar-refractivity contribution in [1.82, 2.24) is 4.98 Å². The predicted octanol–water partition coefficient (Wildman–Crippen LogP) is 2.52. The quantitative estimate of drug-likeness (QED) is 0.820. The normalized spacial score (nSPS) is 39.0. The SMILES string of the molecule is N#CC1(C#N)C(c2ccc[nH]2)OC23CCCCC2C1(C#N)C(=N)O3. The van der Waals surface area contributed by atoms with Gasteiger partial charge in [-0.1, -0.05) is 6.42 Å². The number of rotatable bonds is 1. The Morgan fingerprint density at radius 2 is 2.00 bits per heavy atom. The number of H-pyrrole nitrogens is 1. The van der Waals surface area contributed by atoms with Gasteiger partial charge in [-0.15, -0.1) is 0 Å². The maximum absolute atomic E-state index is 10.0. The van der Waals surface area contributed by atoms with Gasteiger partial charge in [-0.2, -0.15) is 15.8 Å². The summed E-state index contributed by atoms with van der Waals surface area (Å²) < 4.78 is 12.0. The van der Waals surface area contributed by atoms with Gasteiger partial charge in [-0.3, -0.25) is 5.41 Å². The number of hydrogen-bond donors (Lipinski definition) is 2. The van der Waals surface area contributed by atoms with Crippen LogP contribution in [0, 0.1) is 56.2 Å². The van der Waals surface area contributed by atoms with Gasteiger partial charge in [0.25, 0.3) is 0 Å². The first-order chi connectivity index (χ1) is 11.6. The number of nitrogens with one attached hydrogen (secondary N) is 2. The maximum atomic E-state index is 10.0. The van der Waals surface area contributed by atoms with Crippen LogP contribution in [0.2, 0.25) is 0 Å². The van der Waals surface area contributed by atoms with Crippen molar-refractivity contribution in [2.45, 2.75) is 37.6 Å². The fourth-order valence-corrected chi connectivity index (χ4v) is 4.65. The summed E-state index contributed by atoms with van der Waals surface area (Å²) in [6, 6.07) is 9.69. The summed E-state index contributed by atoms with van der Waals surface area (Å²) in [4.78, 5) is 2.98. The van der Waals surface area contributed by atoms with Gasteiger partial charge in [0, 0.05) is 18.3 Å². The third kappa shape index (κ3) is 1.36. The first-order valence-electron chi connectivity index (χ1n) is 7.93. The standard InChI is InChI=1S/C17H15N5O2/c18-8-15(9-19)13(11-4-3-7-22-11)23-17-6-2-1-5-12(17)16(15,10-20)14(21)24-17/h3-4,7,12-13,21-22H,1-2,5-6H2. The van der Waals surface area contributed by atoms with Crippen LogP contribution in [0.4, 0.5) is 0 Å². The first-order valence-corrected chi connectivity index (χ1v) is 7.93. The number of hydrogen-bond acceptors (Lipinski definition) is 6. The van der Waals surface area contributed by atoms with Crippen molar-refractivity contribution in [2.75, 3.05) is 0 Å². The molecule has 0 amide bonds. The maximum Gasteiger partial charge on any atom is 0.217 e. The number of ether oxygens (including phenoxy) is 2. The summed E-state index contributed by atoms with van der Waals surface area (Å²) in [6.07, 6.45) is 3.56. The monoisotopic (exact) mass is 321 g/mol. The lowest BCUT2D eigenvalue weighted by atomic mass is 9.52. The van der Waals surface area contributed by atoms with Gasteiger partial charge >= 0.3 is 0 Å². The van der Waals surface area contributed by atoms with Gasteiger partial charge in [0.1, 0.15) is 6.10 Å². The number of nitrogens with zero attached hydrogens (tertiary/aromatic N) is 3. The topological polar surface area (TPSA) is 129 Å². The Labute approximate surface area is 138 Å². The van der Waals surface area contributed by atoms with Crippen molar-refractivity contribution in [3.05, 3.63) is 24.0 Å². The largest absolute Gasteiger partial charge is 0.447 e. The van der Waals surface area contributed by atoms with E-state index in [-0.39, 0.29) is 5.90 Å². The molecule has 1 aromatic rings. The molecule has 0 spiro atoms. The average Bonchev–Trinajstić information content (AvgIpc) is 3.19. The zero-order chi connectivity index (χ0) is 17.0. The van der Waals surface area contributed by atoms with Crippen LogP contribution in [-0.2, 0) is 9.47 Å². The van der Waals surface area contributed by atoms with E-state index in [1.54, 1.807) is 18.3 Å². The van der Waals surface area contributed by atoms with Crippen LogP contribution in [0.15, 0.2) is 18.3 Å². The van der Waals surface area contributed by atoms with Crippen molar-refractivity contribution >= 4 is 5.90 Å². The van der Waals surface area contributed by atoms with Crippen LogP contribution in [0.3, 0.4) is 0 Å². The van der Waals surface area contributed by atoms with Crippen LogP contribution in [0.1, 0.15) is 37.5 Å². The van der Waals surface area contributed by atoms with Crippen LogP contribution >= 0.6 is 0 Å². The molecule has 3 aliphatic rings. The molecule has 3 heterocycles. The smallest absolute Gasteiger partial charge is 0.217 e. The molecule has 0 aromatic carbocycles. The fraction of sp³-hybridized carbons (Fsp3) is 0.529. The second-order valence-electron chi connectivity index (χ2n) is 6.62. The van der Waals surface area contributed by atoms with Crippen molar-refractivity contribution in [3.8, 4) is 18.2 Å². The van der Waals surface area contributed by atoms with Gasteiger partial charge in [0.2, 0.25) is 17.1 Å². The first kappa shape index (κ1) is 14.8. The summed E-state index contributed by atoms with van der Waals surface area (Å²) in [5.74, 6) is -1.89. The summed E-state index contributed by atoms with van der Waals surface area (Å²) in [7, 11) is 0. The van der Waals surface area contributed by atoms with Crippen molar-refractivity contribution in [1.29, 1.82) is 21.2 Å². The highest BCUT2D eigenvalue weighted by Gasteiger charge is 2.80. The Kier molecular flexibility index (Phi) is 2.83. The highest BCUT2D eigenvalue weighted by molar-refractivity contribution is 5.89. The van der Waals surface area contributed by atoms with Crippen LogP contribution in [0.5, 0.6) is 0 Å². The van der Waals surface area contributed by atoms with E-state index in [0.717, 1.165) is 12.8 Å². The highest BCUT2D eigenvalue weighted by atomic mass is 16.7. The second-order valence-corrected chi connectivity index (χ2v) is 6.62. The minimum Gasteiger partial charge on any atom is -0.447 e. The molecule has 1 aromatic heterocycles. The van der Waals surface area contributed by atoms with E-state index in [2.05, 4.69) is 11.1 Å². The summed E-state index contributed by atoms with van der Waals surface area (Å²) >= 11 is 0. The van der Waals surface area contributed by atoms with E-state index >= 15 is 0 Å². The average molecular weight is 321 g/mol. The van der Waals surface area contributed by atoms with Crippen molar-refractivity contribution in [3.63, 3.8) is 0 Å². The van der Waals surface area contributed by atoms with Gasteiger partial charge in [-0.05, 0) is 25.0 Å². The number of nitriles is 3. The number of aromatic amines is 1. The van der Waals surface area contributed by atoms with Gasteiger partial charge in [-0.25, -0.2) is 0 Å². The zero-order valence-electron chi connectivity index (χ0n) is 12.9. The third-order valence-electron chi connectivity index (χ3n) is 5.72. The lowest BCUT2D eigenvalue weighted by Gasteiger charge is -2.51. The van der Waals surface area contributed by atoms with Gasteiger partial charge in [0.15, 0.2) is 5.41 Å². The molecular weight excluding hydrogens is 306 g/mol. The predicted molar refractivity (Wildman–Crippen MR) is 79.8 cm³/mol. The molecule has 120 valence electrons. The van der Waals surface area contributed by atoms with E-state index in [1.165, 1.54) is 0 Å². The Balaban J connectivity index is 2.02. The Hall–Kier alpha value is -2.82. The third-order valence-corrected chi connectivity index (χ3v) is 5.72. The molecule has 2 N–H and O–H groups in total. The number of aromatic nitrogens is 1. The second kappa shape index (κ2) is 4.60. The molecule has 7 heteroatoms. The Bertz CT molecular complexity index is 813. The Morgan fingerprint density at radius 3 is 2.62 bits per heavy atom. The molecule has 2 saturated heterocycles. The molecule has 4 rings (SSSR count).